The normalized spacial score (nSPS) is 26.1. The highest BCUT2D eigenvalue weighted by atomic mass is 15.6. The van der Waals surface area contributed by atoms with E-state index >= 15 is 0 Å². The van der Waals surface area contributed by atoms with E-state index in [4.69, 9.17) is 0 Å². The molecule has 0 radical (unpaired) electrons. The second-order valence-corrected chi connectivity index (χ2v) is 8.44. The van der Waals surface area contributed by atoms with Crippen LogP contribution in [-0.4, -0.2) is 88.6 Å². The van der Waals surface area contributed by atoms with Crippen LogP contribution in [0.4, 0.5) is 0 Å². The van der Waals surface area contributed by atoms with E-state index in [0.29, 0.717) is 0 Å². The molecule has 6 heteroatoms. The van der Waals surface area contributed by atoms with Crippen LogP contribution in [0.2, 0.25) is 0 Å². The second-order valence-electron chi connectivity index (χ2n) is 8.44. The van der Waals surface area contributed by atoms with Crippen molar-refractivity contribution in [2.24, 2.45) is 0 Å². The van der Waals surface area contributed by atoms with E-state index in [-0.39, 0.29) is 0 Å². The minimum atomic E-state index is 1.11. The topological polar surface area (TPSA) is 54.6 Å². The molecule has 2 heterocycles. The Morgan fingerprint density at radius 1 is 0.286 bits per heavy atom. The molecule has 0 atom stereocenters. The van der Waals surface area contributed by atoms with E-state index < -0.39 is 0 Å². The van der Waals surface area contributed by atoms with Gasteiger partial charge in [0.05, 0.1) is 0 Å². The zero-order chi connectivity index (χ0) is 19.5. The Morgan fingerprint density at radius 2 is 0.679 bits per heavy atom. The first-order chi connectivity index (χ1) is 14.0. The Bertz CT molecular complexity index is 313. The lowest BCUT2D eigenvalue weighted by atomic mass is 10.2. The van der Waals surface area contributed by atoms with E-state index in [9.17, 15) is 0 Å². The molecule has 2 rings (SSSR count). The summed E-state index contributed by atoms with van der Waals surface area (Å²) in [5.41, 5.74) is 0. The molecule has 0 aliphatic carbocycles. The van der Waals surface area contributed by atoms with Crippen LogP contribution in [0.1, 0.15) is 64.2 Å². The van der Waals surface area contributed by atoms with Crippen molar-refractivity contribution in [2.45, 2.75) is 64.2 Å². The Labute approximate surface area is 174 Å². The van der Waals surface area contributed by atoms with Gasteiger partial charge in [-0.2, -0.15) is 0 Å². The Hall–Kier alpha value is -0.240. The summed E-state index contributed by atoms with van der Waals surface area (Å²) in [5, 5.41) is 19.7. The van der Waals surface area contributed by atoms with Gasteiger partial charge in [0.1, 0.15) is 0 Å². The predicted octanol–water partition coefficient (Wildman–Crippen LogP) is 1.79. The van der Waals surface area contributed by atoms with Crippen molar-refractivity contribution in [1.29, 1.82) is 0 Å². The summed E-state index contributed by atoms with van der Waals surface area (Å²) in [6.07, 6.45) is 13.2. The van der Waals surface area contributed by atoms with Crippen LogP contribution in [0, 0.1) is 0 Å². The molecule has 2 aliphatic rings. The Morgan fingerprint density at radius 3 is 1.29 bits per heavy atom. The fourth-order valence-corrected chi connectivity index (χ4v) is 4.20. The summed E-state index contributed by atoms with van der Waals surface area (Å²) in [6.45, 7) is 14.0. The summed E-state index contributed by atoms with van der Waals surface area (Å²) in [6, 6.07) is 0. The molecular formula is C22H48N6. The van der Waals surface area contributed by atoms with Gasteiger partial charge in [-0.25, -0.2) is 10.0 Å². The van der Waals surface area contributed by atoms with E-state index in [1.165, 1.54) is 123 Å². The van der Waals surface area contributed by atoms with Gasteiger partial charge >= 0.3 is 0 Å². The van der Waals surface area contributed by atoms with Gasteiger partial charge in [0.15, 0.2) is 0 Å². The van der Waals surface area contributed by atoms with Crippen LogP contribution in [0.3, 0.4) is 0 Å². The van der Waals surface area contributed by atoms with Gasteiger partial charge in [-0.3, -0.25) is 0 Å². The predicted molar refractivity (Wildman–Crippen MR) is 121 cm³/mol. The lowest BCUT2D eigenvalue weighted by Gasteiger charge is -2.36. The highest BCUT2D eigenvalue weighted by molar-refractivity contribution is 4.66. The summed E-state index contributed by atoms with van der Waals surface area (Å²) < 4.78 is 0. The fraction of sp³-hybridized carbons (Fsp3) is 1.00. The molecule has 4 N–H and O–H groups in total. The number of nitrogens with zero attached hydrogens (tertiary/aromatic N) is 2. The zero-order valence-electron chi connectivity index (χ0n) is 18.5. The highest BCUT2D eigenvalue weighted by Crippen LogP contribution is 2.08. The molecule has 2 aliphatic heterocycles. The van der Waals surface area contributed by atoms with Crippen LogP contribution in [0.15, 0.2) is 0 Å². The molecule has 0 bridgehead atoms. The molecule has 6 nitrogen and oxygen atoms in total. The molecular weight excluding hydrogens is 348 g/mol. The summed E-state index contributed by atoms with van der Waals surface area (Å²) in [7, 11) is 0. The number of hydrogen-bond donors (Lipinski definition) is 4. The Balaban J connectivity index is 1.73. The number of nitrogens with one attached hydrogen (secondary N) is 4. The smallest absolute Gasteiger partial charge is 0.0258 e. The third-order valence-corrected chi connectivity index (χ3v) is 5.94. The first-order valence-electron chi connectivity index (χ1n) is 12.3. The fourth-order valence-electron chi connectivity index (χ4n) is 4.20. The van der Waals surface area contributed by atoms with Crippen molar-refractivity contribution in [2.75, 3.05) is 78.5 Å². The zero-order valence-corrected chi connectivity index (χ0v) is 18.5. The molecule has 0 amide bonds. The third kappa shape index (κ3) is 12.3. The highest BCUT2D eigenvalue weighted by Gasteiger charge is 2.15. The number of rotatable bonds is 1. The van der Waals surface area contributed by atoms with Crippen molar-refractivity contribution in [3.8, 4) is 0 Å². The number of hydrogen-bond acceptors (Lipinski definition) is 6. The minimum absolute atomic E-state index is 1.11. The van der Waals surface area contributed by atoms with Crippen LogP contribution in [0.5, 0.6) is 0 Å². The molecule has 0 unspecified atom stereocenters. The third-order valence-electron chi connectivity index (χ3n) is 5.94. The molecule has 0 aromatic carbocycles. The van der Waals surface area contributed by atoms with E-state index in [0.717, 1.165) is 19.6 Å². The molecule has 2 fully saturated rings. The maximum Gasteiger partial charge on any atom is 0.0258 e. The van der Waals surface area contributed by atoms with Gasteiger partial charge in [0.25, 0.3) is 0 Å². The molecule has 0 aromatic heterocycles. The lowest BCUT2D eigenvalue weighted by Crippen LogP contribution is -2.49. The van der Waals surface area contributed by atoms with E-state index in [2.05, 4.69) is 31.3 Å². The van der Waals surface area contributed by atoms with Gasteiger partial charge in [-0.1, -0.05) is 25.7 Å². The van der Waals surface area contributed by atoms with Crippen LogP contribution in [-0.2, 0) is 0 Å². The van der Waals surface area contributed by atoms with Crippen molar-refractivity contribution in [3.63, 3.8) is 0 Å². The first kappa shape index (κ1) is 24.0. The SMILES string of the molecule is C1CCCNCCN(N2CCCNCCC2)CCCCCCNCCNCC1. The van der Waals surface area contributed by atoms with Crippen LogP contribution in [0.25, 0.3) is 0 Å². The molecule has 28 heavy (non-hydrogen) atoms. The van der Waals surface area contributed by atoms with E-state index in [1.807, 2.05) is 0 Å². The standard InChI is InChI=1S/C22H48N6/c1-2-6-13-26-18-22-28(27-20-9-14-23-15-10-21-27)19-8-4-3-7-12-25-17-16-24-11-5-1/h23-26H,1-22H2. The monoisotopic (exact) mass is 396 g/mol. The van der Waals surface area contributed by atoms with Gasteiger partial charge in [-0.15, -0.1) is 0 Å². The average Bonchev–Trinajstić information content (AvgIpc) is 2.67. The molecule has 0 aromatic rings. The minimum Gasteiger partial charge on any atom is -0.317 e. The molecule has 0 saturated carbocycles. The van der Waals surface area contributed by atoms with Gasteiger partial charge < -0.3 is 21.3 Å². The molecule has 0 spiro atoms. The summed E-state index contributed by atoms with van der Waals surface area (Å²) in [4.78, 5) is 0. The lowest BCUT2D eigenvalue weighted by molar-refractivity contribution is -0.0298. The maximum atomic E-state index is 3.70. The van der Waals surface area contributed by atoms with Crippen molar-refractivity contribution >= 4 is 0 Å². The van der Waals surface area contributed by atoms with Crippen LogP contribution >= 0.6 is 0 Å². The van der Waals surface area contributed by atoms with Crippen molar-refractivity contribution in [3.05, 3.63) is 0 Å². The molecule has 2 saturated heterocycles. The second kappa shape index (κ2) is 17.6. The number of hydrazine groups is 1. The Kier molecular flexibility index (Phi) is 15.1. The maximum absolute atomic E-state index is 3.70. The van der Waals surface area contributed by atoms with Crippen molar-refractivity contribution in [1.82, 2.24) is 31.3 Å². The first-order valence-corrected chi connectivity index (χ1v) is 12.3. The van der Waals surface area contributed by atoms with Crippen molar-refractivity contribution < 1.29 is 0 Å². The summed E-state index contributed by atoms with van der Waals surface area (Å²) in [5.74, 6) is 0. The van der Waals surface area contributed by atoms with Gasteiger partial charge in [-0.05, 0) is 71.2 Å². The largest absolute Gasteiger partial charge is 0.317 e. The average molecular weight is 397 g/mol. The van der Waals surface area contributed by atoms with E-state index in [1.54, 1.807) is 0 Å². The van der Waals surface area contributed by atoms with Crippen LogP contribution < -0.4 is 21.3 Å². The van der Waals surface area contributed by atoms with Gasteiger partial charge in [0, 0.05) is 45.8 Å². The quantitative estimate of drug-likeness (QED) is 0.542. The van der Waals surface area contributed by atoms with Gasteiger partial charge in [0.2, 0.25) is 0 Å². The summed E-state index contributed by atoms with van der Waals surface area (Å²) >= 11 is 0. The molecule has 166 valence electrons.